The van der Waals surface area contributed by atoms with Gasteiger partial charge in [0.25, 0.3) is 0 Å². The van der Waals surface area contributed by atoms with Crippen LogP contribution in [0.4, 0.5) is 0 Å². The number of carboxylic acid groups (broad SMARTS) is 1. The Morgan fingerprint density at radius 1 is 1.45 bits per heavy atom. The summed E-state index contributed by atoms with van der Waals surface area (Å²) >= 11 is 5.71. The Morgan fingerprint density at radius 3 is 2.55 bits per heavy atom. The van der Waals surface area contributed by atoms with Gasteiger partial charge < -0.3 is 9.84 Å². The molecule has 0 saturated carbocycles. The van der Waals surface area contributed by atoms with Crippen LogP contribution in [0.1, 0.15) is 24.2 Å². The number of carbonyl (C=O) groups is 1. The highest BCUT2D eigenvalue weighted by Gasteiger charge is 2.27. The van der Waals surface area contributed by atoms with Gasteiger partial charge in [-0.25, -0.2) is 17.9 Å². The highest BCUT2D eigenvalue weighted by atomic mass is 35.5. The molecule has 2 N–H and O–H groups in total. The van der Waals surface area contributed by atoms with Crippen molar-refractivity contribution in [3.63, 3.8) is 0 Å². The number of methoxy groups -OCH3 is 1. The van der Waals surface area contributed by atoms with Crippen molar-refractivity contribution < 1.29 is 23.1 Å². The lowest BCUT2D eigenvalue weighted by molar-refractivity contribution is 0.0697. The molecular formula is C12H16ClNO5S. The van der Waals surface area contributed by atoms with Gasteiger partial charge in [0.15, 0.2) is 0 Å². The fraction of sp³-hybridized carbons (Fsp3) is 0.417. The van der Waals surface area contributed by atoms with E-state index in [1.165, 1.54) is 19.2 Å². The summed E-state index contributed by atoms with van der Waals surface area (Å²) < 4.78 is 31.8. The Labute approximate surface area is 122 Å². The lowest BCUT2D eigenvalue weighted by Gasteiger charge is -2.25. The number of aromatic carboxylic acids is 1. The number of halogens is 1. The molecule has 0 aliphatic rings. The van der Waals surface area contributed by atoms with Gasteiger partial charge in [-0.2, -0.15) is 0 Å². The minimum absolute atomic E-state index is 0.0207. The van der Waals surface area contributed by atoms with Gasteiger partial charge in [0.05, 0.1) is 27.6 Å². The van der Waals surface area contributed by atoms with Gasteiger partial charge in [-0.1, -0.05) is 11.6 Å². The Morgan fingerprint density at radius 2 is 2.05 bits per heavy atom. The first kappa shape index (κ1) is 16.9. The molecule has 20 heavy (non-hydrogen) atoms. The smallest absolute Gasteiger partial charge is 0.337 e. The van der Waals surface area contributed by atoms with E-state index < -0.39 is 21.5 Å². The van der Waals surface area contributed by atoms with Gasteiger partial charge in [-0.15, -0.1) is 0 Å². The number of hydrogen-bond donors (Lipinski definition) is 2. The predicted molar refractivity (Wildman–Crippen MR) is 74.7 cm³/mol. The second kappa shape index (κ2) is 6.09. The number of carboxylic acids is 1. The summed E-state index contributed by atoms with van der Waals surface area (Å²) in [6.07, 6.45) is 0. The van der Waals surface area contributed by atoms with E-state index in [9.17, 15) is 13.2 Å². The fourth-order valence-corrected chi connectivity index (χ4v) is 3.27. The molecule has 0 heterocycles. The second-order valence-corrected chi connectivity index (χ2v) is 6.96. The van der Waals surface area contributed by atoms with Gasteiger partial charge in [0.1, 0.15) is 0 Å². The molecule has 0 amide bonds. The lowest BCUT2D eigenvalue weighted by Crippen LogP contribution is -2.46. The van der Waals surface area contributed by atoms with E-state index >= 15 is 0 Å². The third kappa shape index (κ3) is 4.17. The summed E-state index contributed by atoms with van der Waals surface area (Å²) in [6, 6.07) is 3.51. The predicted octanol–water partition coefficient (Wildman–Crippen LogP) is 1.74. The van der Waals surface area contributed by atoms with Crippen molar-refractivity contribution >= 4 is 27.6 Å². The summed E-state index contributed by atoms with van der Waals surface area (Å²) in [5, 5.41) is 8.93. The molecule has 0 spiro atoms. The number of ether oxygens (including phenoxy) is 1. The zero-order valence-corrected chi connectivity index (χ0v) is 12.9. The molecule has 0 atom stereocenters. The van der Waals surface area contributed by atoms with Crippen LogP contribution < -0.4 is 4.72 Å². The maximum Gasteiger partial charge on any atom is 0.337 e. The van der Waals surface area contributed by atoms with Crippen molar-refractivity contribution in [3.8, 4) is 0 Å². The standard InChI is InChI=1S/C12H16ClNO5S/c1-12(2,7-19-3)14-20(17,18)8-4-5-10(13)9(6-8)11(15)16/h4-6,14H,7H2,1-3H3,(H,15,16). The highest BCUT2D eigenvalue weighted by Crippen LogP contribution is 2.21. The average molecular weight is 322 g/mol. The molecule has 0 aliphatic carbocycles. The third-order valence-corrected chi connectivity index (χ3v) is 4.42. The topological polar surface area (TPSA) is 92.7 Å². The lowest BCUT2D eigenvalue weighted by atomic mass is 10.1. The second-order valence-electron chi connectivity index (χ2n) is 4.87. The van der Waals surface area contributed by atoms with Crippen LogP contribution in [0, 0.1) is 0 Å². The monoisotopic (exact) mass is 321 g/mol. The van der Waals surface area contributed by atoms with Crippen molar-refractivity contribution in [3.05, 3.63) is 28.8 Å². The maximum absolute atomic E-state index is 12.2. The quantitative estimate of drug-likeness (QED) is 0.832. The summed E-state index contributed by atoms with van der Waals surface area (Å²) in [7, 11) is -2.41. The molecule has 1 aromatic rings. The Hall–Kier alpha value is -1.15. The van der Waals surface area contributed by atoms with Gasteiger partial charge in [-0.05, 0) is 32.0 Å². The number of benzene rings is 1. The first-order chi connectivity index (χ1) is 9.09. The van der Waals surface area contributed by atoms with E-state index in [0.29, 0.717) is 0 Å². The van der Waals surface area contributed by atoms with Gasteiger partial charge in [0.2, 0.25) is 10.0 Å². The molecule has 1 rings (SSSR count). The Balaban J connectivity index is 3.17. The van der Waals surface area contributed by atoms with Gasteiger partial charge in [0, 0.05) is 7.11 Å². The minimum atomic E-state index is -3.86. The van der Waals surface area contributed by atoms with Crippen LogP contribution in [0.15, 0.2) is 23.1 Å². The number of sulfonamides is 1. The maximum atomic E-state index is 12.2. The summed E-state index contributed by atoms with van der Waals surface area (Å²) in [5.74, 6) is -1.29. The van der Waals surface area contributed by atoms with Crippen molar-refractivity contribution in [2.24, 2.45) is 0 Å². The summed E-state index contributed by atoms with van der Waals surface area (Å²) in [5.41, 5.74) is -1.09. The summed E-state index contributed by atoms with van der Waals surface area (Å²) in [6.45, 7) is 3.48. The fourth-order valence-electron chi connectivity index (χ4n) is 1.65. The van der Waals surface area contributed by atoms with Crippen LogP contribution in [0.3, 0.4) is 0 Å². The number of rotatable bonds is 6. The first-order valence-corrected chi connectivity index (χ1v) is 7.51. The van der Waals surface area contributed by atoms with Gasteiger partial charge >= 0.3 is 5.97 Å². The number of nitrogens with one attached hydrogen (secondary N) is 1. The zero-order valence-electron chi connectivity index (χ0n) is 11.3. The Bertz CT molecular complexity index is 612. The molecule has 112 valence electrons. The van der Waals surface area contributed by atoms with Crippen LogP contribution in [0.5, 0.6) is 0 Å². The molecule has 6 nitrogen and oxygen atoms in total. The Kier molecular flexibility index (Phi) is 5.15. The normalized spacial score (nSPS) is 12.4. The minimum Gasteiger partial charge on any atom is -0.478 e. The van der Waals surface area contributed by atoms with E-state index in [2.05, 4.69) is 4.72 Å². The zero-order chi connectivity index (χ0) is 15.6. The largest absolute Gasteiger partial charge is 0.478 e. The molecule has 0 saturated heterocycles. The van der Waals surface area contributed by atoms with Gasteiger partial charge in [-0.3, -0.25) is 0 Å². The van der Waals surface area contributed by atoms with Crippen molar-refractivity contribution in [1.29, 1.82) is 0 Å². The average Bonchev–Trinajstić information content (AvgIpc) is 2.26. The molecule has 0 aromatic heterocycles. The van der Waals surface area contributed by atoms with Crippen LogP contribution in [-0.2, 0) is 14.8 Å². The van der Waals surface area contributed by atoms with E-state index in [0.717, 1.165) is 6.07 Å². The molecule has 0 radical (unpaired) electrons. The molecule has 0 unspecified atom stereocenters. The van der Waals surface area contributed by atoms with Crippen LogP contribution in [0.25, 0.3) is 0 Å². The molecular weight excluding hydrogens is 306 g/mol. The highest BCUT2D eigenvalue weighted by molar-refractivity contribution is 7.89. The van der Waals surface area contributed by atoms with E-state index in [4.69, 9.17) is 21.4 Å². The van der Waals surface area contributed by atoms with Crippen LogP contribution in [0.2, 0.25) is 5.02 Å². The van der Waals surface area contributed by atoms with Crippen molar-refractivity contribution in [2.75, 3.05) is 13.7 Å². The molecule has 1 aromatic carbocycles. The SMILES string of the molecule is COCC(C)(C)NS(=O)(=O)c1ccc(Cl)c(C(=O)O)c1. The van der Waals surface area contributed by atoms with Crippen molar-refractivity contribution in [2.45, 2.75) is 24.3 Å². The molecule has 0 fully saturated rings. The van der Waals surface area contributed by atoms with Crippen molar-refractivity contribution in [1.82, 2.24) is 4.72 Å². The summed E-state index contributed by atoms with van der Waals surface area (Å²) in [4.78, 5) is 10.8. The molecule has 8 heteroatoms. The van der Waals surface area contributed by atoms with Crippen LogP contribution in [-0.4, -0.2) is 38.7 Å². The first-order valence-electron chi connectivity index (χ1n) is 5.65. The van der Waals surface area contributed by atoms with Crippen LogP contribution >= 0.6 is 11.6 Å². The molecule has 0 bridgehead atoms. The van der Waals surface area contributed by atoms with E-state index in [-0.39, 0.29) is 22.1 Å². The van der Waals surface area contributed by atoms with E-state index in [1.807, 2.05) is 0 Å². The third-order valence-electron chi connectivity index (χ3n) is 2.39. The van der Waals surface area contributed by atoms with E-state index in [1.54, 1.807) is 13.8 Å². The molecule has 0 aliphatic heterocycles. The number of hydrogen-bond acceptors (Lipinski definition) is 4.